The normalized spacial score (nSPS) is 14.4. The van der Waals surface area contributed by atoms with Crippen molar-refractivity contribution < 1.29 is 9.53 Å². The Labute approximate surface area is 189 Å². The van der Waals surface area contributed by atoms with Crippen LogP contribution in [0.25, 0.3) is 11.0 Å². The quantitative estimate of drug-likeness (QED) is 0.359. The SMILES string of the molecule is Cc1cnc(NC(=O)c2cccc(Oc3ccnc4[nH]nc(NC5CCCCC5)c34)c2)s1. The van der Waals surface area contributed by atoms with Gasteiger partial charge in [0.2, 0.25) is 0 Å². The number of benzene rings is 1. The molecule has 1 saturated carbocycles. The van der Waals surface area contributed by atoms with Crippen LogP contribution in [0.15, 0.2) is 42.7 Å². The van der Waals surface area contributed by atoms with E-state index in [4.69, 9.17) is 4.74 Å². The number of carbonyl (C=O) groups is 1. The third-order valence-corrected chi connectivity index (χ3v) is 6.36. The molecule has 0 unspecified atom stereocenters. The molecule has 164 valence electrons. The summed E-state index contributed by atoms with van der Waals surface area (Å²) in [5.74, 6) is 1.72. The first-order chi connectivity index (χ1) is 15.7. The van der Waals surface area contributed by atoms with Crippen LogP contribution in [0.1, 0.15) is 47.3 Å². The minimum Gasteiger partial charge on any atom is -0.456 e. The van der Waals surface area contributed by atoms with Gasteiger partial charge in [0.15, 0.2) is 16.6 Å². The van der Waals surface area contributed by atoms with Crippen molar-refractivity contribution in [2.75, 3.05) is 10.6 Å². The molecule has 1 aromatic carbocycles. The van der Waals surface area contributed by atoms with Crippen molar-refractivity contribution in [2.24, 2.45) is 0 Å². The molecule has 0 spiro atoms. The molecule has 3 N–H and O–H groups in total. The zero-order valence-corrected chi connectivity index (χ0v) is 18.5. The van der Waals surface area contributed by atoms with Gasteiger partial charge in [0.25, 0.3) is 5.91 Å². The summed E-state index contributed by atoms with van der Waals surface area (Å²) in [4.78, 5) is 22.3. The number of nitrogens with zero attached hydrogens (tertiary/aromatic N) is 3. The number of aryl methyl sites for hydroxylation is 1. The first-order valence-corrected chi connectivity index (χ1v) is 11.6. The molecule has 5 rings (SSSR count). The number of anilines is 2. The van der Waals surface area contributed by atoms with Gasteiger partial charge in [-0.05, 0) is 38.0 Å². The zero-order chi connectivity index (χ0) is 21.9. The number of ether oxygens (including phenoxy) is 1. The fourth-order valence-electron chi connectivity index (χ4n) is 3.96. The minimum absolute atomic E-state index is 0.229. The molecule has 32 heavy (non-hydrogen) atoms. The lowest BCUT2D eigenvalue weighted by Gasteiger charge is -2.22. The topological polar surface area (TPSA) is 105 Å². The third kappa shape index (κ3) is 4.43. The zero-order valence-electron chi connectivity index (χ0n) is 17.7. The van der Waals surface area contributed by atoms with Crippen LogP contribution in [-0.4, -0.2) is 32.1 Å². The average molecular weight is 449 g/mol. The van der Waals surface area contributed by atoms with Gasteiger partial charge in [-0.3, -0.25) is 15.2 Å². The number of hydrogen-bond donors (Lipinski definition) is 3. The predicted molar refractivity (Wildman–Crippen MR) is 126 cm³/mol. The number of amides is 1. The fraction of sp³-hybridized carbons (Fsp3) is 0.304. The first kappa shape index (κ1) is 20.4. The predicted octanol–water partition coefficient (Wildman–Crippen LogP) is 5.51. The second kappa shape index (κ2) is 8.96. The Bertz CT molecular complexity index is 1240. The Morgan fingerprint density at radius 1 is 1.19 bits per heavy atom. The Morgan fingerprint density at radius 3 is 2.88 bits per heavy atom. The minimum atomic E-state index is -0.229. The van der Waals surface area contributed by atoms with Gasteiger partial charge in [0, 0.05) is 34.9 Å². The number of carbonyl (C=O) groups excluding carboxylic acids is 1. The summed E-state index contributed by atoms with van der Waals surface area (Å²) < 4.78 is 6.19. The van der Waals surface area contributed by atoms with Crippen LogP contribution in [0.3, 0.4) is 0 Å². The van der Waals surface area contributed by atoms with E-state index in [0.29, 0.717) is 33.9 Å². The summed E-state index contributed by atoms with van der Waals surface area (Å²) in [5.41, 5.74) is 1.15. The number of hydrogen-bond acceptors (Lipinski definition) is 7. The van der Waals surface area contributed by atoms with E-state index in [1.54, 1.807) is 30.6 Å². The number of H-pyrrole nitrogens is 1. The standard InChI is InChI=1S/C23H24N6O2S/c1-14-13-25-23(32-14)27-22(30)15-6-5-9-17(12-15)31-18-10-11-24-20-19(18)21(29-28-20)26-16-7-3-2-4-8-16/h5-6,9-13,16H,2-4,7-8H2,1H3,(H,25,27,30)(H2,24,26,28,29). The van der Waals surface area contributed by atoms with E-state index < -0.39 is 0 Å². The number of thiazole rings is 1. The van der Waals surface area contributed by atoms with Gasteiger partial charge in [-0.2, -0.15) is 5.10 Å². The number of fused-ring (bicyclic) bond motifs is 1. The van der Waals surface area contributed by atoms with E-state index in [9.17, 15) is 4.79 Å². The molecule has 0 radical (unpaired) electrons. The van der Waals surface area contributed by atoms with E-state index in [1.165, 1.54) is 30.6 Å². The number of pyridine rings is 1. The van der Waals surface area contributed by atoms with E-state index >= 15 is 0 Å². The molecule has 1 aliphatic rings. The maximum atomic E-state index is 12.6. The lowest BCUT2D eigenvalue weighted by molar-refractivity contribution is 0.102. The average Bonchev–Trinajstić information content (AvgIpc) is 3.41. The van der Waals surface area contributed by atoms with Crippen LogP contribution < -0.4 is 15.4 Å². The molecule has 8 nitrogen and oxygen atoms in total. The summed E-state index contributed by atoms with van der Waals surface area (Å²) in [5, 5.41) is 15.2. The lowest BCUT2D eigenvalue weighted by atomic mass is 9.95. The van der Waals surface area contributed by atoms with Crippen molar-refractivity contribution in [3.63, 3.8) is 0 Å². The molecule has 3 heterocycles. The molecule has 0 bridgehead atoms. The summed E-state index contributed by atoms with van der Waals surface area (Å²) >= 11 is 1.44. The van der Waals surface area contributed by atoms with E-state index in [2.05, 4.69) is 30.8 Å². The van der Waals surface area contributed by atoms with Crippen LogP contribution in [0.4, 0.5) is 10.9 Å². The summed E-state index contributed by atoms with van der Waals surface area (Å²) in [6.45, 7) is 1.95. The smallest absolute Gasteiger partial charge is 0.257 e. The Hall–Kier alpha value is -3.46. The largest absolute Gasteiger partial charge is 0.456 e. The van der Waals surface area contributed by atoms with Crippen LogP contribution in [-0.2, 0) is 0 Å². The van der Waals surface area contributed by atoms with Gasteiger partial charge in [0.05, 0.1) is 0 Å². The van der Waals surface area contributed by atoms with Crippen molar-refractivity contribution in [3.05, 3.63) is 53.2 Å². The highest BCUT2D eigenvalue weighted by atomic mass is 32.1. The molecule has 9 heteroatoms. The number of rotatable bonds is 6. The van der Waals surface area contributed by atoms with Crippen LogP contribution >= 0.6 is 11.3 Å². The summed E-state index contributed by atoms with van der Waals surface area (Å²) in [6.07, 6.45) is 9.46. The van der Waals surface area contributed by atoms with Crippen molar-refractivity contribution in [2.45, 2.75) is 45.1 Å². The van der Waals surface area contributed by atoms with Crippen LogP contribution in [0.2, 0.25) is 0 Å². The van der Waals surface area contributed by atoms with Gasteiger partial charge < -0.3 is 10.1 Å². The fourth-order valence-corrected chi connectivity index (χ4v) is 4.62. The summed E-state index contributed by atoms with van der Waals surface area (Å²) in [7, 11) is 0. The molecule has 1 fully saturated rings. The highest BCUT2D eigenvalue weighted by Gasteiger charge is 2.19. The van der Waals surface area contributed by atoms with E-state index in [0.717, 1.165) is 28.9 Å². The highest BCUT2D eigenvalue weighted by Crippen LogP contribution is 2.34. The van der Waals surface area contributed by atoms with Gasteiger partial charge in [-0.15, -0.1) is 11.3 Å². The molecular weight excluding hydrogens is 424 g/mol. The van der Waals surface area contributed by atoms with Crippen molar-refractivity contribution >= 4 is 39.2 Å². The van der Waals surface area contributed by atoms with Gasteiger partial charge >= 0.3 is 0 Å². The first-order valence-electron chi connectivity index (χ1n) is 10.8. The second-order valence-electron chi connectivity index (χ2n) is 7.94. The molecule has 3 aromatic heterocycles. The van der Waals surface area contributed by atoms with Crippen LogP contribution in [0, 0.1) is 6.92 Å². The maximum absolute atomic E-state index is 12.6. The number of aromatic nitrogens is 4. The van der Waals surface area contributed by atoms with Crippen LogP contribution in [0.5, 0.6) is 11.5 Å². The molecule has 4 aromatic rings. The monoisotopic (exact) mass is 448 g/mol. The Kier molecular flexibility index (Phi) is 5.72. The molecular formula is C23H24N6O2S. The molecule has 1 amide bonds. The number of aromatic amines is 1. The Balaban J connectivity index is 1.37. The maximum Gasteiger partial charge on any atom is 0.257 e. The Morgan fingerprint density at radius 2 is 2.06 bits per heavy atom. The summed E-state index contributed by atoms with van der Waals surface area (Å²) in [6, 6.07) is 9.31. The molecule has 0 atom stereocenters. The van der Waals surface area contributed by atoms with E-state index in [1.807, 2.05) is 19.1 Å². The van der Waals surface area contributed by atoms with Crippen molar-refractivity contribution in [1.29, 1.82) is 0 Å². The van der Waals surface area contributed by atoms with Gasteiger partial charge in [0.1, 0.15) is 16.9 Å². The molecule has 0 saturated heterocycles. The van der Waals surface area contributed by atoms with E-state index in [-0.39, 0.29) is 5.91 Å². The second-order valence-corrected chi connectivity index (χ2v) is 9.18. The molecule has 1 aliphatic carbocycles. The lowest BCUT2D eigenvalue weighted by Crippen LogP contribution is -2.22. The highest BCUT2D eigenvalue weighted by molar-refractivity contribution is 7.15. The number of nitrogens with one attached hydrogen (secondary N) is 3. The third-order valence-electron chi connectivity index (χ3n) is 5.53. The van der Waals surface area contributed by atoms with Gasteiger partial charge in [-0.1, -0.05) is 25.3 Å². The molecule has 0 aliphatic heterocycles. The van der Waals surface area contributed by atoms with Gasteiger partial charge in [-0.25, -0.2) is 9.97 Å². The van der Waals surface area contributed by atoms with Crippen molar-refractivity contribution in [1.82, 2.24) is 20.2 Å². The van der Waals surface area contributed by atoms with Crippen molar-refractivity contribution in [3.8, 4) is 11.5 Å².